The Balaban J connectivity index is 5.23. The summed E-state index contributed by atoms with van der Waals surface area (Å²) in [6, 6.07) is 0. The molecule has 0 bridgehead atoms. The fraction of sp³-hybridized carbons (Fsp3) is 0.951. The molecule has 0 spiro atoms. The second kappa shape index (κ2) is 73.6. The summed E-state index contributed by atoms with van der Waals surface area (Å²) < 4.78 is 68.8. The zero-order valence-electron chi connectivity index (χ0n) is 66.2. The maximum atomic E-state index is 13.1. The van der Waals surface area contributed by atoms with Gasteiger partial charge in [0.15, 0.2) is 12.2 Å². The number of rotatable bonds is 81. The van der Waals surface area contributed by atoms with Gasteiger partial charge in [0.05, 0.1) is 26.4 Å². The van der Waals surface area contributed by atoms with Crippen molar-refractivity contribution in [3.63, 3.8) is 0 Å². The molecule has 0 rings (SSSR count). The van der Waals surface area contributed by atoms with E-state index in [0.717, 1.165) is 102 Å². The Kier molecular flexibility index (Phi) is 72.2. The minimum Gasteiger partial charge on any atom is -0.462 e. The molecule has 0 amide bonds. The Morgan fingerprint density at radius 1 is 0.267 bits per heavy atom. The van der Waals surface area contributed by atoms with Crippen LogP contribution in [0.5, 0.6) is 0 Å². The third kappa shape index (κ3) is 76.1. The summed E-state index contributed by atoms with van der Waals surface area (Å²) in [7, 11) is -9.92. The number of aliphatic hydroxyl groups excluding tert-OH is 1. The minimum atomic E-state index is -4.96. The Bertz CT molecular complexity index is 1940. The molecular formula is C82H160O17P2. The molecule has 600 valence electrons. The highest BCUT2D eigenvalue weighted by atomic mass is 31.2. The zero-order valence-corrected chi connectivity index (χ0v) is 68.0. The van der Waals surface area contributed by atoms with E-state index in [1.807, 2.05) is 0 Å². The number of hydrogen-bond donors (Lipinski definition) is 3. The SMILES string of the molecule is CCCCCCCCCCCCCCCCC(=O)O[C@H](COC(=O)CCCCCCCCCCCCC)COP(=O)(O)OC[C@H](O)COP(=O)(O)OC[C@@H](COC(=O)CCCCCCCCCCCCCCC(C)C)OC(=O)CCCCCCCCCCCCCCCCCCCCC(C)C. The van der Waals surface area contributed by atoms with Gasteiger partial charge in [-0.05, 0) is 37.5 Å². The van der Waals surface area contributed by atoms with Crippen LogP contribution in [0.3, 0.4) is 0 Å². The van der Waals surface area contributed by atoms with Crippen molar-refractivity contribution in [1.82, 2.24) is 0 Å². The van der Waals surface area contributed by atoms with Gasteiger partial charge in [0.1, 0.15) is 19.3 Å². The van der Waals surface area contributed by atoms with E-state index in [2.05, 4.69) is 41.5 Å². The van der Waals surface area contributed by atoms with E-state index >= 15 is 0 Å². The molecule has 19 heteroatoms. The van der Waals surface area contributed by atoms with E-state index in [0.29, 0.717) is 25.7 Å². The molecule has 0 radical (unpaired) electrons. The van der Waals surface area contributed by atoms with Crippen molar-refractivity contribution in [3.8, 4) is 0 Å². The first-order chi connectivity index (χ1) is 48.9. The Labute approximate surface area is 619 Å². The van der Waals surface area contributed by atoms with Crippen molar-refractivity contribution < 1.29 is 80.2 Å². The molecule has 0 saturated heterocycles. The molecule has 0 aromatic heterocycles. The first-order valence-corrected chi connectivity index (χ1v) is 45.5. The van der Waals surface area contributed by atoms with Crippen LogP contribution in [0.2, 0.25) is 0 Å². The van der Waals surface area contributed by atoms with E-state index in [4.69, 9.17) is 37.0 Å². The second-order valence-electron chi connectivity index (χ2n) is 30.5. The summed E-state index contributed by atoms with van der Waals surface area (Å²) in [4.78, 5) is 73.1. The molecule has 0 saturated carbocycles. The van der Waals surface area contributed by atoms with Gasteiger partial charge in [-0.2, -0.15) is 0 Å². The normalized spacial score (nSPS) is 13.9. The van der Waals surface area contributed by atoms with Crippen LogP contribution in [0.15, 0.2) is 0 Å². The molecule has 101 heavy (non-hydrogen) atoms. The van der Waals surface area contributed by atoms with Gasteiger partial charge in [-0.15, -0.1) is 0 Å². The first kappa shape index (κ1) is 99.1. The number of carbonyl (C=O) groups excluding carboxylic acids is 4. The number of ether oxygens (including phenoxy) is 4. The molecule has 0 fully saturated rings. The van der Waals surface area contributed by atoms with Gasteiger partial charge in [-0.25, -0.2) is 9.13 Å². The number of phosphoric acid groups is 2. The van der Waals surface area contributed by atoms with Gasteiger partial charge in [-0.3, -0.25) is 37.3 Å². The smallest absolute Gasteiger partial charge is 0.462 e. The van der Waals surface area contributed by atoms with Crippen LogP contribution in [-0.4, -0.2) is 96.7 Å². The third-order valence-corrected chi connectivity index (χ3v) is 21.1. The van der Waals surface area contributed by atoms with Crippen LogP contribution in [0.1, 0.15) is 433 Å². The highest BCUT2D eigenvalue weighted by Gasteiger charge is 2.30. The number of hydrogen-bond acceptors (Lipinski definition) is 15. The molecule has 0 aliphatic heterocycles. The maximum absolute atomic E-state index is 13.1. The quantitative estimate of drug-likeness (QED) is 0.0222. The molecule has 2 unspecified atom stereocenters. The van der Waals surface area contributed by atoms with Gasteiger partial charge in [0.25, 0.3) is 0 Å². The maximum Gasteiger partial charge on any atom is 0.472 e. The molecule has 5 atom stereocenters. The fourth-order valence-corrected chi connectivity index (χ4v) is 14.3. The molecule has 0 heterocycles. The average Bonchev–Trinajstić information content (AvgIpc) is 1.09. The zero-order chi connectivity index (χ0) is 74.2. The number of unbranched alkanes of at least 4 members (excludes halogenated alkanes) is 51. The summed E-state index contributed by atoms with van der Waals surface area (Å²) in [5, 5.41) is 10.6. The van der Waals surface area contributed by atoms with E-state index in [-0.39, 0.29) is 25.7 Å². The minimum absolute atomic E-state index is 0.108. The average molecular weight is 1480 g/mol. The van der Waals surface area contributed by atoms with Crippen LogP contribution in [0, 0.1) is 11.8 Å². The number of carbonyl (C=O) groups is 4. The van der Waals surface area contributed by atoms with Crippen LogP contribution in [-0.2, 0) is 65.4 Å². The summed E-state index contributed by atoms with van der Waals surface area (Å²) in [6.45, 7) is 9.69. The Morgan fingerprint density at radius 2 is 0.455 bits per heavy atom. The van der Waals surface area contributed by atoms with Crippen LogP contribution < -0.4 is 0 Å². The third-order valence-electron chi connectivity index (χ3n) is 19.2. The van der Waals surface area contributed by atoms with Crippen LogP contribution >= 0.6 is 15.6 Å². The number of esters is 4. The van der Waals surface area contributed by atoms with Crippen LogP contribution in [0.25, 0.3) is 0 Å². The monoisotopic (exact) mass is 1480 g/mol. The van der Waals surface area contributed by atoms with Crippen molar-refractivity contribution in [1.29, 1.82) is 0 Å². The summed E-state index contributed by atoms with van der Waals surface area (Å²) in [6.07, 6.45) is 63.7. The molecule has 0 aromatic carbocycles. The van der Waals surface area contributed by atoms with Gasteiger partial charge in [0.2, 0.25) is 0 Å². The van der Waals surface area contributed by atoms with Gasteiger partial charge >= 0.3 is 39.5 Å². The standard InChI is InChI=1S/C82H160O17P2/c1-7-9-11-13-15-17-19-20-28-36-42-48-54-60-66-81(86)98-77(70-92-79(84)64-58-52-46-40-32-18-16-14-12-10-8-2)72-96-100(88,89)94-68-76(83)69-95-101(90,91)97-73-78(71-93-80(85)65-59-53-47-41-35-31-30-34-39-45-51-57-63-75(5)6)99-82(87)67-61-55-49-43-37-29-26-24-22-21-23-25-27-33-38-44-50-56-62-74(3)4/h74-78,83H,7-73H2,1-6H3,(H,88,89)(H,90,91)/t76-,77+,78+/m0/s1. The lowest BCUT2D eigenvalue weighted by Crippen LogP contribution is -2.30. The lowest BCUT2D eigenvalue weighted by Gasteiger charge is -2.21. The summed E-state index contributed by atoms with van der Waals surface area (Å²) in [5.41, 5.74) is 0. The lowest BCUT2D eigenvalue weighted by atomic mass is 10.0. The highest BCUT2D eigenvalue weighted by Crippen LogP contribution is 2.45. The van der Waals surface area contributed by atoms with Crippen molar-refractivity contribution in [2.75, 3.05) is 39.6 Å². The van der Waals surface area contributed by atoms with Crippen molar-refractivity contribution in [3.05, 3.63) is 0 Å². The van der Waals surface area contributed by atoms with E-state index < -0.39 is 97.5 Å². The predicted octanol–water partition coefficient (Wildman–Crippen LogP) is 24.7. The van der Waals surface area contributed by atoms with Crippen molar-refractivity contribution in [2.45, 2.75) is 452 Å². The molecule has 0 aliphatic rings. The second-order valence-corrected chi connectivity index (χ2v) is 33.4. The Morgan fingerprint density at radius 3 is 0.673 bits per heavy atom. The first-order valence-electron chi connectivity index (χ1n) is 42.5. The number of aliphatic hydroxyl groups is 1. The van der Waals surface area contributed by atoms with Gasteiger partial charge < -0.3 is 33.8 Å². The summed E-state index contributed by atoms with van der Waals surface area (Å²) >= 11 is 0. The van der Waals surface area contributed by atoms with Crippen molar-refractivity contribution >= 4 is 39.5 Å². The van der Waals surface area contributed by atoms with Crippen LogP contribution in [0.4, 0.5) is 0 Å². The highest BCUT2D eigenvalue weighted by molar-refractivity contribution is 7.47. The number of phosphoric ester groups is 2. The molecular weight excluding hydrogens is 1320 g/mol. The molecule has 17 nitrogen and oxygen atoms in total. The largest absolute Gasteiger partial charge is 0.472 e. The Hall–Kier alpha value is -1.94. The van der Waals surface area contributed by atoms with E-state index in [1.165, 1.54) is 250 Å². The van der Waals surface area contributed by atoms with Gasteiger partial charge in [0, 0.05) is 25.7 Å². The lowest BCUT2D eigenvalue weighted by molar-refractivity contribution is -0.161. The van der Waals surface area contributed by atoms with E-state index in [9.17, 15) is 43.2 Å². The predicted molar refractivity (Wildman–Crippen MR) is 414 cm³/mol. The summed E-state index contributed by atoms with van der Waals surface area (Å²) in [5.74, 6) is -0.503. The molecule has 3 N–H and O–H groups in total. The topological polar surface area (TPSA) is 237 Å². The van der Waals surface area contributed by atoms with E-state index in [1.54, 1.807) is 0 Å². The fourth-order valence-electron chi connectivity index (χ4n) is 12.7. The molecule has 0 aliphatic carbocycles. The van der Waals surface area contributed by atoms with Crippen molar-refractivity contribution in [2.24, 2.45) is 11.8 Å². The molecule has 0 aromatic rings. The van der Waals surface area contributed by atoms with Gasteiger partial charge in [-0.1, -0.05) is 382 Å².